The van der Waals surface area contributed by atoms with Gasteiger partial charge in [-0.25, -0.2) is 4.39 Å². The Morgan fingerprint density at radius 2 is 1.83 bits per heavy atom. The van der Waals surface area contributed by atoms with Gasteiger partial charge in [0.2, 0.25) is 0 Å². The standard InChI is InChI=1S/C17H12Cl2FN3O/c18-13-6-3-11(7-14(13)19)15-8-16(23-22-15)17(24)21-9-10-1-4-12(20)5-2-10/h1-8H,9H2,(H,21,24)(H,22,23). The first-order valence-electron chi connectivity index (χ1n) is 7.06. The summed E-state index contributed by atoms with van der Waals surface area (Å²) in [6.45, 7) is 0.292. The zero-order valence-electron chi connectivity index (χ0n) is 12.3. The lowest BCUT2D eigenvalue weighted by Crippen LogP contribution is -2.23. The summed E-state index contributed by atoms with van der Waals surface area (Å²) in [5.41, 5.74) is 2.45. The second-order valence-electron chi connectivity index (χ2n) is 5.10. The van der Waals surface area contributed by atoms with Crippen LogP contribution in [0, 0.1) is 5.82 Å². The van der Waals surface area contributed by atoms with Gasteiger partial charge >= 0.3 is 0 Å². The molecule has 2 N–H and O–H groups in total. The van der Waals surface area contributed by atoms with Gasteiger partial charge in [-0.05, 0) is 35.9 Å². The van der Waals surface area contributed by atoms with Crippen molar-refractivity contribution in [3.63, 3.8) is 0 Å². The normalized spacial score (nSPS) is 10.6. The molecule has 7 heteroatoms. The lowest BCUT2D eigenvalue weighted by Gasteiger charge is -2.03. The van der Waals surface area contributed by atoms with Crippen molar-refractivity contribution in [3.8, 4) is 11.3 Å². The molecule has 0 aliphatic heterocycles. The quantitative estimate of drug-likeness (QED) is 0.719. The first-order valence-corrected chi connectivity index (χ1v) is 7.82. The first kappa shape index (κ1) is 16.5. The highest BCUT2D eigenvalue weighted by molar-refractivity contribution is 6.42. The molecule has 1 aromatic heterocycles. The molecule has 24 heavy (non-hydrogen) atoms. The van der Waals surface area contributed by atoms with Crippen molar-refractivity contribution in [2.45, 2.75) is 6.54 Å². The number of carbonyl (C=O) groups excluding carboxylic acids is 1. The molecule has 0 aliphatic rings. The summed E-state index contributed by atoms with van der Waals surface area (Å²) in [6.07, 6.45) is 0. The molecule has 3 aromatic rings. The number of aromatic nitrogens is 2. The zero-order chi connectivity index (χ0) is 17.1. The summed E-state index contributed by atoms with van der Waals surface area (Å²) in [6, 6.07) is 12.7. The maximum Gasteiger partial charge on any atom is 0.269 e. The SMILES string of the molecule is O=C(NCc1ccc(F)cc1)c1cc(-c2ccc(Cl)c(Cl)c2)n[nH]1. The highest BCUT2D eigenvalue weighted by Gasteiger charge is 2.11. The fourth-order valence-corrected chi connectivity index (χ4v) is 2.42. The van der Waals surface area contributed by atoms with E-state index in [4.69, 9.17) is 23.2 Å². The van der Waals surface area contributed by atoms with Crippen molar-refractivity contribution in [3.05, 3.63) is 75.7 Å². The van der Waals surface area contributed by atoms with Crippen molar-refractivity contribution in [2.24, 2.45) is 0 Å². The van der Waals surface area contributed by atoms with E-state index in [1.54, 1.807) is 36.4 Å². The van der Waals surface area contributed by atoms with E-state index in [2.05, 4.69) is 15.5 Å². The summed E-state index contributed by atoms with van der Waals surface area (Å²) in [7, 11) is 0. The largest absolute Gasteiger partial charge is 0.347 e. The van der Waals surface area contributed by atoms with Crippen LogP contribution < -0.4 is 5.32 Å². The number of nitrogens with zero attached hydrogens (tertiary/aromatic N) is 1. The van der Waals surface area contributed by atoms with Crippen LogP contribution in [0.4, 0.5) is 4.39 Å². The third kappa shape index (κ3) is 3.75. The molecule has 0 saturated heterocycles. The molecule has 0 saturated carbocycles. The van der Waals surface area contributed by atoms with E-state index in [0.717, 1.165) is 11.1 Å². The zero-order valence-corrected chi connectivity index (χ0v) is 13.8. The molecule has 1 heterocycles. The fourth-order valence-electron chi connectivity index (χ4n) is 2.12. The van der Waals surface area contributed by atoms with Crippen molar-refractivity contribution < 1.29 is 9.18 Å². The topological polar surface area (TPSA) is 57.8 Å². The van der Waals surface area contributed by atoms with Gasteiger partial charge in [0.05, 0.1) is 15.7 Å². The molecule has 0 unspecified atom stereocenters. The van der Waals surface area contributed by atoms with E-state index >= 15 is 0 Å². The number of nitrogens with one attached hydrogen (secondary N) is 2. The highest BCUT2D eigenvalue weighted by atomic mass is 35.5. The van der Waals surface area contributed by atoms with E-state index in [-0.39, 0.29) is 11.7 Å². The summed E-state index contributed by atoms with van der Waals surface area (Å²) >= 11 is 11.9. The highest BCUT2D eigenvalue weighted by Crippen LogP contribution is 2.27. The maximum absolute atomic E-state index is 12.8. The minimum atomic E-state index is -0.315. The predicted molar refractivity (Wildman–Crippen MR) is 91.6 cm³/mol. The van der Waals surface area contributed by atoms with E-state index < -0.39 is 0 Å². The molecule has 0 atom stereocenters. The van der Waals surface area contributed by atoms with Gasteiger partial charge in [-0.3, -0.25) is 9.89 Å². The van der Waals surface area contributed by atoms with Crippen LogP contribution in [0.2, 0.25) is 10.0 Å². The average molecular weight is 364 g/mol. The van der Waals surface area contributed by atoms with Crippen LogP contribution in [-0.4, -0.2) is 16.1 Å². The molecule has 0 radical (unpaired) electrons. The molecular weight excluding hydrogens is 352 g/mol. The number of H-pyrrole nitrogens is 1. The van der Waals surface area contributed by atoms with Crippen LogP contribution in [0.5, 0.6) is 0 Å². The van der Waals surface area contributed by atoms with Crippen molar-refractivity contribution in [2.75, 3.05) is 0 Å². The number of amides is 1. The monoisotopic (exact) mass is 363 g/mol. The third-order valence-corrected chi connectivity index (χ3v) is 4.14. The Hall–Kier alpha value is -2.37. The number of hydrogen-bond acceptors (Lipinski definition) is 2. The Morgan fingerprint density at radius 3 is 2.54 bits per heavy atom. The van der Waals surface area contributed by atoms with E-state index in [0.29, 0.717) is 28.0 Å². The first-order chi connectivity index (χ1) is 11.5. The third-order valence-electron chi connectivity index (χ3n) is 3.40. The Morgan fingerprint density at radius 1 is 1.08 bits per heavy atom. The molecule has 0 aliphatic carbocycles. The Kier molecular flexibility index (Phi) is 4.83. The number of aromatic amines is 1. The summed E-state index contributed by atoms with van der Waals surface area (Å²) in [5.74, 6) is -0.622. The number of rotatable bonds is 4. The molecule has 1 amide bonds. The van der Waals surface area contributed by atoms with Gasteiger partial charge in [-0.1, -0.05) is 41.4 Å². The van der Waals surface area contributed by atoms with Gasteiger partial charge in [0.25, 0.3) is 5.91 Å². The van der Waals surface area contributed by atoms with Crippen LogP contribution in [-0.2, 0) is 6.54 Å². The minimum absolute atomic E-state index is 0.292. The van der Waals surface area contributed by atoms with Crippen molar-refractivity contribution in [1.29, 1.82) is 0 Å². The molecule has 122 valence electrons. The fraction of sp³-hybridized carbons (Fsp3) is 0.0588. The molecule has 0 spiro atoms. The van der Waals surface area contributed by atoms with Crippen LogP contribution in [0.15, 0.2) is 48.5 Å². The maximum atomic E-state index is 12.8. The van der Waals surface area contributed by atoms with E-state index in [1.807, 2.05) is 0 Å². The summed E-state index contributed by atoms with van der Waals surface area (Å²) < 4.78 is 12.8. The van der Waals surface area contributed by atoms with Crippen LogP contribution in [0.3, 0.4) is 0 Å². The Labute approximate surface area is 147 Å². The Bertz CT molecular complexity index is 878. The van der Waals surface area contributed by atoms with Crippen LogP contribution in [0.25, 0.3) is 11.3 Å². The van der Waals surface area contributed by atoms with Crippen LogP contribution >= 0.6 is 23.2 Å². The smallest absolute Gasteiger partial charge is 0.269 e. The average Bonchev–Trinajstić information content (AvgIpc) is 3.07. The van der Waals surface area contributed by atoms with Gasteiger partial charge in [0, 0.05) is 12.1 Å². The van der Waals surface area contributed by atoms with Crippen molar-refractivity contribution >= 4 is 29.1 Å². The molecule has 3 rings (SSSR count). The van der Waals surface area contributed by atoms with Gasteiger partial charge in [-0.15, -0.1) is 0 Å². The molecule has 0 fully saturated rings. The van der Waals surface area contributed by atoms with Crippen LogP contribution in [0.1, 0.15) is 16.1 Å². The van der Waals surface area contributed by atoms with Gasteiger partial charge < -0.3 is 5.32 Å². The second kappa shape index (κ2) is 7.03. The number of benzene rings is 2. The molecule has 4 nitrogen and oxygen atoms in total. The Balaban J connectivity index is 1.69. The van der Waals surface area contributed by atoms with Crippen molar-refractivity contribution in [1.82, 2.24) is 15.5 Å². The van der Waals surface area contributed by atoms with Gasteiger partial charge in [-0.2, -0.15) is 5.10 Å². The van der Waals surface area contributed by atoms with Gasteiger partial charge in [0.15, 0.2) is 0 Å². The second-order valence-corrected chi connectivity index (χ2v) is 5.92. The number of halogens is 3. The molecular formula is C17H12Cl2FN3O. The molecule has 0 bridgehead atoms. The van der Waals surface area contributed by atoms with E-state index in [9.17, 15) is 9.18 Å². The number of carbonyl (C=O) groups is 1. The lowest BCUT2D eigenvalue weighted by molar-refractivity contribution is 0.0946. The predicted octanol–water partition coefficient (Wildman–Crippen LogP) is 4.45. The number of hydrogen-bond donors (Lipinski definition) is 2. The lowest BCUT2D eigenvalue weighted by atomic mass is 10.1. The van der Waals surface area contributed by atoms with E-state index in [1.165, 1.54) is 12.1 Å². The summed E-state index contributed by atoms with van der Waals surface area (Å²) in [5, 5.41) is 10.4. The minimum Gasteiger partial charge on any atom is -0.347 e. The van der Waals surface area contributed by atoms with Gasteiger partial charge in [0.1, 0.15) is 11.5 Å². The summed E-state index contributed by atoms with van der Waals surface area (Å²) in [4.78, 5) is 12.1. The molecule has 2 aromatic carbocycles.